The molecule has 180 valence electrons. The van der Waals surface area contributed by atoms with E-state index in [2.05, 4.69) is 86.5 Å². The lowest BCUT2D eigenvalue weighted by Crippen LogP contribution is -2.44. The van der Waals surface area contributed by atoms with Gasteiger partial charge in [0.15, 0.2) is 0 Å². The van der Waals surface area contributed by atoms with Crippen LogP contribution in [0.15, 0.2) is 54.7 Å². The Morgan fingerprint density at radius 1 is 0.735 bits per heavy atom. The van der Waals surface area contributed by atoms with E-state index in [-0.39, 0.29) is 0 Å². The minimum atomic E-state index is 1.09. The molecule has 2 aromatic carbocycles. The predicted molar refractivity (Wildman–Crippen MR) is 144 cm³/mol. The molecular formula is C28H38N6. The van der Waals surface area contributed by atoms with Crippen LogP contribution in [-0.4, -0.2) is 87.8 Å². The summed E-state index contributed by atoms with van der Waals surface area (Å²) in [5, 5.41) is 4.73. The van der Waals surface area contributed by atoms with E-state index in [0.717, 1.165) is 51.3 Å². The van der Waals surface area contributed by atoms with Crippen LogP contribution in [0, 0.1) is 0 Å². The molecule has 0 bridgehead atoms. The molecule has 0 atom stereocenters. The van der Waals surface area contributed by atoms with Gasteiger partial charge >= 0.3 is 0 Å². The van der Waals surface area contributed by atoms with Gasteiger partial charge in [-0.1, -0.05) is 18.2 Å². The number of nitrogens with one attached hydrogen (secondary N) is 1. The van der Waals surface area contributed by atoms with Crippen LogP contribution in [0.4, 0.5) is 17.1 Å². The van der Waals surface area contributed by atoms with Gasteiger partial charge < -0.3 is 24.9 Å². The lowest BCUT2D eigenvalue weighted by Gasteiger charge is -2.34. The number of anilines is 3. The SMILES string of the molecule is CN1CCN(c2ccc3c(c2)NCCC3)CC1.CN1CCN(c2ccc3cccnc3c2)CC1. The van der Waals surface area contributed by atoms with Gasteiger partial charge in [-0.05, 0) is 62.8 Å². The zero-order chi connectivity index (χ0) is 23.3. The van der Waals surface area contributed by atoms with Crippen molar-refractivity contribution in [2.45, 2.75) is 12.8 Å². The molecule has 0 unspecified atom stereocenters. The highest BCUT2D eigenvalue weighted by molar-refractivity contribution is 5.82. The molecule has 1 aromatic heterocycles. The van der Waals surface area contributed by atoms with Crippen LogP contribution in [0.1, 0.15) is 12.0 Å². The first-order chi connectivity index (χ1) is 16.7. The minimum absolute atomic E-state index is 1.09. The summed E-state index contributed by atoms with van der Waals surface area (Å²) in [5.74, 6) is 0. The predicted octanol–water partition coefficient (Wildman–Crippen LogP) is 3.78. The Labute approximate surface area is 204 Å². The first-order valence-corrected chi connectivity index (χ1v) is 12.7. The van der Waals surface area contributed by atoms with Gasteiger partial charge in [0.05, 0.1) is 5.52 Å². The highest BCUT2D eigenvalue weighted by Gasteiger charge is 2.17. The van der Waals surface area contributed by atoms with Crippen molar-refractivity contribution in [3.8, 4) is 0 Å². The molecule has 0 radical (unpaired) electrons. The molecule has 3 aromatic rings. The average molecular weight is 459 g/mol. The summed E-state index contributed by atoms with van der Waals surface area (Å²) in [6, 6.07) is 17.6. The largest absolute Gasteiger partial charge is 0.385 e. The fourth-order valence-corrected chi connectivity index (χ4v) is 5.03. The minimum Gasteiger partial charge on any atom is -0.385 e. The molecule has 34 heavy (non-hydrogen) atoms. The lowest BCUT2D eigenvalue weighted by atomic mass is 10.0. The van der Waals surface area contributed by atoms with Crippen LogP contribution in [0.5, 0.6) is 0 Å². The van der Waals surface area contributed by atoms with Crippen molar-refractivity contribution in [3.05, 3.63) is 60.3 Å². The van der Waals surface area contributed by atoms with Crippen LogP contribution in [0.3, 0.4) is 0 Å². The Hall–Kier alpha value is -2.83. The van der Waals surface area contributed by atoms with Crippen molar-refractivity contribution >= 4 is 28.0 Å². The maximum Gasteiger partial charge on any atom is 0.0722 e. The number of fused-ring (bicyclic) bond motifs is 2. The summed E-state index contributed by atoms with van der Waals surface area (Å²) in [5.41, 5.74) is 6.60. The molecule has 3 aliphatic heterocycles. The van der Waals surface area contributed by atoms with E-state index in [9.17, 15) is 0 Å². The van der Waals surface area contributed by atoms with Gasteiger partial charge in [-0.15, -0.1) is 0 Å². The second-order valence-electron chi connectivity index (χ2n) is 9.83. The van der Waals surface area contributed by atoms with Gasteiger partial charge in [0, 0.05) is 87.5 Å². The number of aromatic nitrogens is 1. The second-order valence-corrected chi connectivity index (χ2v) is 9.83. The molecule has 3 aliphatic rings. The maximum absolute atomic E-state index is 4.41. The fraction of sp³-hybridized carbons (Fsp3) is 0.464. The zero-order valence-corrected chi connectivity index (χ0v) is 20.7. The number of nitrogens with zero attached hydrogens (tertiary/aromatic N) is 5. The van der Waals surface area contributed by atoms with E-state index in [1.807, 2.05) is 12.3 Å². The van der Waals surface area contributed by atoms with Crippen molar-refractivity contribution in [1.82, 2.24) is 14.8 Å². The topological polar surface area (TPSA) is 37.9 Å². The third kappa shape index (κ3) is 5.45. The highest BCUT2D eigenvalue weighted by Crippen LogP contribution is 2.28. The van der Waals surface area contributed by atoms with Crippen LogP contribution in [-0.2, 0) is 6.42 Å². The van der Waals surface area contributed by atoms with Gasteiger partial charge in [-0.3, -0.25) is 4.98 Å². The molecular weight excluding hydrogens is 420 g/mol. The normalized spacial score (nSPS) is 19.2. The molecule has 0 spiro atoms. The molecule has 2 saturated heterocycles. The summed E-state index contributed by atoms with van der Waals surface area (Å²) >= 11 is 0. The van der Waals surface area contributed by atoms with Gasteiger partial charge in [0.25, 0.3) is 0 Å². The standard InChI is InChI=1S/C14H21N3.C14H17N3/c2*1-16-7-9-17(10-8-16)13-5-4-12-3-2-6-15-14(12)11-13/h4-5,11,15H,2-3,6-10H2,1H3;2-6,11H,7-10H2,1H3. The average Bonchev–Trinajstić information content (AvgIpc) is 2.89. The van der Waals surface area contributed by atoms with E-state index in [4.69, 9.17) is 0 Å². The van der Waals surface area contributed by atoms with Crippen LogP contribution in [0.2, 0.25) is 0 Å². The Balaban J connectivity index is 0.000000142. The molecule has 0 saturated carbocycles. The van der Waals surface area contributed by atoms with Crippen molar-refractivity contribution in [2.24, 2.45) is 0 Å². The molecule has 0 amide bonds. The van der Waals surface area contributed by atoms with E-state index in [1.54, 1.807) is 0 Å². The summed E-state index contributed by atoms with van der Waals surface area (Å²) in [6.45, 7) is 10.3. The molecule has 0 aliphatic carbocycles. The molecule has 2 fully saturated rings. The van der Waals surface area contributed by atoms with Gasteiger partial charge in [0.2, 0.25) is 0 Å². The zero-order valence-electron chi connectivity index (χ0n) is 20.7. The van der Waals surface area contributed by atoms with Gasteiger partial charge in [-0.25, -0.2) is 0 Å². The molecule has 6 nitrogen and oxygen atoms in total. The number of piperazine rings is 2. The van der Waals surface area contributed by atoms with E-state index in [0.29, 0.717) is 0 Å². The van der Waals surface area contributed by atoms with E-state index >= 15 is 0 Å². The molecule has 1 N–H and O–H groups in total. The van der Waals surface area contributed by atoms with E-state index < -0.39 is 0 Å². The summed E-state index contributed by atoms with van der Waals surface area (Å²) in [6.07, 6.45) is 4.35. The smallest absolute Gasteiger partial charge is 0.0722 e. The third-order valence-electron chi connectivity index (χ3n) is 7.36. The summed E-state index contributed by atoms with van der Waals surface area (Å²) in [7, 11) is 4.38. The Morgan fingerprint density at radius 3 is 2.09 bits per heavy atom. The number of pyridine rings is 1. The third-order valence-corrected chi connectivity index (χ3v) is 7.36. The van der Waals surface area contributed by atoms with Crippen LogP contribution >= 0.6 is 0 Å². The van der Waals surface area contributed by atoms with Crippen molar-refractivity contribution in [3.63, 3.8) is 0 Å². The number of rotatable bonds is 2. The van der Waals surface area contributed by atoms with E-state index in [1.165, 1.54) is 53.9 Å². The molecule has 6 rings (SSSR count). The van der Waals surface area contributed by atoms with Crippen LogP contribution in [0.25, 0.3) is 10.9 Å². The van der Waals surface area contributed by atoms with Crippen LogP contribution < -0.4 is 15.1 Å². The Bertz CT molecular complexity index is 1080. The Morgan fingerprint density at radius 2 is 1.38 bits per heavy atom. The number of hydrogen-bond donors (Lipinski definition) is 1. The van der Waals surface area contributed by atoms with Gasteiger partial charge in [-0.2, -0.15) is 0 Å². The summed E-state index contributed by atoms with van der Waals surface area (Å²) in [4.78, 5) is 14.1. The monoisotopic (exact) mass is 458 g/mol. The fourth-order valence-electron chi connectivity index (χ4n) is 5.03. The van der Waals surface area contributed by atoms with Crippen molar-refractivity contribution < 1.29 is 0 Å². The Kier molecular flexibility index (Phi) is 7.16. The molecule has 6 heteroatoms. The number of aryl methyl sites for hydroxylation is 1. The molecule has 4 heterocycles. The van der Waals surface area contributed by atoms with Gasteiger partial charge in [0.1, 0.15) is 0 Å². The quantitative estimate of drug-likeness (QED) is 0.630. The number of hydrogen-bond acceptors (Lipinski definition) is 6. The highest BCUT2D eigenvalue weighted by atomic mass is 15.3. The maximum atomic E-state index is 4.41. The first kappa shape index (κ1) is 22.9. The summed E-state index contributed by atoms with van der Waals surface area (Å²) < 4.78 is 0. The van der Waals surface area contributed by atoms with Crippen molar-refractivity contribution in [1.29, 1.82) is 0 Å². The number of benzene rings is 2. The second kappa shape index (κ2) is 10.6. The first-order valence-electron chi connectivity index (χ1n) is 12.7. The number of likely N-dealkylation sites (N-methyl/N-ethyl adjacent to an activating group) is 2. The lowest BCUT2D eigenvalue weighted by molar-refractivity contribution is 0.313. The van der Waals surface area contributed by atoms with Crippen molar-refractivity contribution in [2.75, 3.05) is 88.1 Å².